The summed E-state index contributed by atoms with van der Waals surface area (Å²) >= 11 is 1.35. The molecule has 2 aliphatic heterocycles. The lowest BCUT2D eigenvalue weighted by Gasteiger charge is -2.31. The quantitative estimate of drug-likeness (QED) is 0.795. The number of aliphatic hydroxyl groups excluding tert-OH is 2. The van der Waals surface area contributed by atoms with Gasteiger partial charge in [0.15, 0.2) is 11.5 Å². The van der Waals surface area contributed by atoms with E-state index in [2.05, 4.69) is 0 Å². The highest BCUT2D eigenvalue weighted by atomic mass is 32.1. The van der Waals surface area contributed by atoms with E-state index in [0.29, 0.717) is 55.5 Å². The molecule has 2 N–H and O–H groups in total. The maximum atomic E-state index is 12.8. The molecule has 7 heteroatoms. The normalized spacial score (nSPS) is 33.6. The number of hydrogen-bond acceptors (Lipinski definition) is 6. The van der Waals surface area contributed by atoms with Crippen molar-refractivity contribution < 1.29 is 24.5 Å². The van der Waals surface area contributed by atoms with Crippen molar-refractivity contribution in [3.8, 4) is 11.5 Å². The second kappa shape index (κ2) is 5.40. The van der Waals surface area contributed by atoms with Crippen LogP contribution in [0, 0.1) is 11.8 Å². The van der Waals surface area contributed by atoms with Gasteiger partial charge >= 0.3 is 0 Å². The molecule has 1 saturated carbocycles. The first kappa shape index (κ1) is 14.3. The summed E-state index contributed by atoms with van der Waals surface area (Å²) in [5.41, 5.74) is 0. The Hall–Kier alpha value is -1.31. The van der Waals surface area contributed by atoms with Crippen molar-refractivity contribution in [2.45, 2.75) is 25.0 Å². The van der Waals surface area contributed by atoms with Gasteiger partial charge < -0.3 is 24.6 Å². The molecule has 1 aromatic heterocycles. The van der Waals surface area contributed by atoms with Gasteiger partial charge in [-0.1, -0.05) is 0 Å². The van der Waals surface area contributed by atoms with Crippen LogP contribution in [0.15, 0.2) is 5.38 Å². The summed E-state index contributed by atoms with van der Waals surface area (Å²) in [6.07, 6.45) is -0.194. The zero-order valence-electron chi connectivity index (χ0n) is 12.1. The molecule has 4 rings (SSSR count). The molecular weight excluding hydrogens is 306 g/mol. The topological polar surface area (TPSA) is 79.2 Å². The maximum Gasteiger partial charge on any atom is 0.267 e. The van der Waals surface area contributed by atoms with Gasteiger partial charge in [0.1, 0.15) is 18.1 Å². The zero-order chi connectivity index (χ0) is 15.3. The molecule has 6 nitrogen and oxygen atoms in total. The molecule has 120 valence electrons. The third-order valence-corrected chi connectivity index (χ3v) is 5.82. The highest BCUT2D eigenvalue weighted by molar-refractivity contribution is 7.12. The van der Waals surface area contributed by atoms with Crippen LogP contribution in [0.2, 0.25) is 0 Å². The van der Waals surface area contributed by atoms with Crippen molar-refractivity contribution >= 4 is 17.2 Å². The number of carbonyl (C=O) groups excluding carboxylic acids is 1. The van der Waals surface area contributed by atoms with E-state index < -0.39 is 12.2 Å². The summed E-state index contributed by atoms with van der Waals surface area (Å²) in [4.78, 5) is 15.2. The van der Waals surface area contributed by atoms with Gasteiger partial charge in [-0.3, -0.25) is 4.79 Å². The molecule has 0 bridgehead atoms. The summed E-state index contributed by atoms with van der Waals surface area (Å²) in [7, 11) is 0. The van der Waals surface area contributed by atoms with Crippen molar-refractivity contribution in [3.05, 3.63) is 10.3 Å². The third kappa shape index (κ3) is 2.28. The molecule has 3 heterocycles. The largest absolute Gasteiger partial charge is 0.485 e. The first-order valence-electron chi connectivity index (χ1n) is 7.66. The van der Waals surface area contributed by atoms with Gasteiger partial charge in [0.2, 0.25) is 0 Å². The number of rotatable bonds is 1. The number of hydrogen-bond donors (Lipinski definition) is 2. The van der Waals surface area contributed by atoms with Crippen LogP contribution in [0.1, 0.15) is 22.5 Å². The van der Waals surface area contributed by atoms with Gasteiger partial charge in [-0.15, -0.1) is 11.3 Å². The number of carbonyl (C=O) groups is 1. The number of nitrogens with zero attached hydrogens (tertiary/aromatic N) is 1. The van der Waals surface area contributed by atoms with Gasteiger partial charge in [-0.2, -0.15) is 0 Å². The molecule has 2 fully saturated rings. The second-order valence-corrected chi connectivity index (χ2v) is 7.17. The molecule has 0 spiro atoms. The van der Waals surface area contributed by atoms with Crippen LogP contribution in [-0.4, -0.2) is 59.5 Å². The first-order chi connectivity index (χ1) is 10.6. The van der Waals surface area contributed by atoms with Crippen LogP contribution < -0.4 is 9.47 Å². The molecular formula is C15H19NO5S. The number of fused-ring (bicyclic) bond motifs is 2. The predicted octanol–water partition coefficient (Wildman–Crippen LogP) is 0.723. The van der Waals surface area contributed by atoms with Crippen LogP contribution in [0.3, 0.4) is 0 Å². The van der Waals surface area contributed by atoms with E-state index in [1.54, 1.807) is 0 Å². The average Bonchev–Trinajstić information content (AvgIpc) is 3.11. The van der Waals surface area contributed by atoms with Crippen molar-refractivity contribution in [2.75, 3.05) is 26.3 Å². The monoisotopic (exact) mass is 325 g/mol. The summed E-state index contributed by atoms with van der Waals surface area (Å²) in [5.74, 6) is 1.74. The molecule has 1 saturated heterocycles. The number of likely N-dealkylation sites (tertiary alicyclic amines) is 1. The number of aliphatic hydroxyl groups is 2. The average molecular weight is 325 g/mol. The van der Waals surface area contributed by atoms with Crippen LogP contribution >= 0.6 is 11.3 Å². The van der Waals surface area contributed by atoms with Crippen LogP contribution in [-0.2, 0) is 0 Å². The predicted molar refractivity (Wildman–Crippen MR) is 79.4 cm³/mol. The molecule has 4 atom stereocenters. The highest BCUT2D eigenvalue weighted by Crippen LogP contribution is 2.42. The Morgan fingerprint density at radius 2 is 1.77 bits per heavy atom. The second-order valence-electron chi connectivity index (χ2n) is 6.29. The summed E-state index contributed by atoms with van der Waals surface area (Å²) in [6.45, 7) is 2.26. The Morgan fingerprint density at radius 1 is 1.14 bits per heavy atom. The Labute approximate surface area is 132 Å². The molecule has 3 aliphatic rings. The first-order valence-corrected chi connectivity index (χ1v) is 8.54. The van der Waals surface area contributed by atoms with Crippen LogP contribution in [0.5, 0.6) is 11.5 Å². The van der Waals surface area contributed by atoms with Gasteiger partial charge in [0, 0.05) is 18.5 Å². The van der Waals surface area contributed by atoms with E-state index in [1.807, 2.05) is 10.3 Å². The van der Waals surface area contributed by atoms with Gasteiger partial charge in [0.25, 0.3) is 5.91 Å². The fraction of sp³-hybridized carbons (Fsp3) is 0.667. The number of amides is 1. The standard InChI is InChI=1S/C15H19NO5S/c17-10-3-8-5-16(6-9(8)4-11(10)18)15(19)14-13-12(7-22-14)20-1-2-21-13/h7-11,17-18H,1-6H2/t8-,9+,10-,11-/m0/s1. The maximum absolute atomic E-state index is 12.8. The van der Waals surface area contributed by atoms with E-state index >= 15 is 0 Å². The Bertz CT molecular complexity index is 570. The smallest absolute Gasteiger partial charge is 0.267 e. The van der Waals surface area contributed by atoms with Crippen LogP contribution in [0.4, 0.5) is 0 Å². The molecule has 22 heavy (non-hydrogen) atoms. The molecule has 1 aromatic rings. The van der Waals surface area contributed by atoms with Crippen LogP contribution in [0.25, 0.3) is 0 Å². The van der Waals surface area contributed by atoms with Crippen molar-refractivity contribution in [3.63, 3.8) is 0 Å². The fourth-order valence-corrected chi connectivity index (χ4v) is 4.62. The lowest BCUT2D eigenvalue weighted by molar-refractivity contribution is -0.0372. The van der Waals surface area contributed by atoms with Gasteiger partial charge in [-0.05, 0) is 24.7 Å². The van der Waals surface area contributed by atoms with E-state index in [4.69, 9.17) is 9.47 Å². The van der Waals surface area contributed by atoms with Crippen molar-refractivity contribution in [2.24, 2.45) is 11.8 Å². The SMILES string of the molecule is O=C(c1scc2c1OCCO2)N1C[C@H]2C[C@H](O)[C@@H](O)C[C@H]2C1. The highest BCUT2D eigenvalue weighted by Gasteiger charge is 2.43. The van der Waals surface area contributed by atoms with Gasteiger partial charge in [-0.25, -0.2) is 0 Å². The van der Waals surface area contributed by atoms with Gasteiger partial charge in [0.05, 0.1) is 12.2 Å². The minimum atomic E-state index is -0.664. The van der Waals surface area contributed by atoms with E-state index in [0.717, 1.165) is 0 Å². The summed E-state index contributed by atoms with van der Waals surface area (Å²) in [6, 6.07) is 0. The molecule has 1 amide bonds. The summed E-state index contributed by atoms with van der Waals surface area (Å²) < 4.78 is 11.1. The minimum Gasteiger partial charge on any atom is -0.485 e. The molecule has 0 unspecified atom stereocenters. The number of thiophene rings is 1. The molecule has 0 radical (unpaired) electrons. The molecule has 1 aliphatic carbocycles. The Kier molecular flexibility index (Phi) is 3.51. The van der Waals surface area contributed by atoms with Crippen molar-refractivity contribution in [1.29, 1.82) is 0 Å². The lowest BCUT2D eigenvalue weighted by atomic mass is 9.79. The lowest BCUT2D eigenvalue weighted by Crippen LogP contribution is -2.38. The minimum absolute atomic E-state index is 0.0323. The Morgan fingerprint density at radius 3 is 2.45 bits per heavy atom. The molecule has 0 aromatic carbocycles. The van der Waals surface area contributed by atoms with Crippen molar-refractivity contribution in [1.82, 2.24) is 4.90 Å². The third-order valence-electron chi connectivity index (χ3n) is 4.89. The fourth-order valence-electron chi connectivity index (χ4n) is 3.73. The van der Waals surface area contributed by atoms with E-state index in [9.17, 15) is 15.0 Å². The number of ether oxygens (including phenoxy) is 2. The Balaban J connectivity index is 1.51. The summed E-state index contributed by atoms with van der Waals surface area (Å²) in [5, 5.41) is 21.4. The zero-order valence-corrected chi connectivity index (χ0v) is 12.9. The van der Waals surface area contributed by atoms with E-state index in [1.165, 1.54) is 11.3 Å². The van der Waals surface area contributed by atoms with E-state index in [-0.39, 0.29) is 17.7 Å².